The Kier molecular flexibility index (Phi) is 3.36. The molecule has 0 amide bonds. The number of ether oxygens (including phenoxy) is 1. The summed E-state index contributed by atoms with van der Waals surface area (Å²) in [5.41, 5.74) is 3.13. The summed E-state index contributed by atoms with van der Waals surface area (Å²) in [7, 11) is 0. The Bertz CT molecular complexity index is 773. The number of benzene rings is 1. The molecular formula is C16H14N4O2. The fraction of sp³-hybridized carbons (Fsp3) is 0.250. The molecule has 0 bridgehead atoms. The maximum absolute atomic E-state index is 5.87. The largest absolute Gasteiger partial charge is 0.373 e. The monoisotopic (exact) mass is 294 g/mol. The molecule has 110 valence electrons. The van der Waals surface area contributed by atoms with Crippen LogP contribution in [0.25, 0.3) is 11.5 Å². The average molecular weight is 294 g/mol. The Hall–Kier alpha value is -2.60. The lowest BCUT2D eigenvalue weighted by molar-refractivity contribution is 0.0375. The molecular weight excluding hydrogens is 280 g/mol. The maximum Gasteiger partial charge on any atom is 0.229 e. The fourth-order valence-electron chi connectivity index (χ4n) is 2.66. The van der Waals surface area contributed by atoms with Crippen molar-refractivity contribution in [1.82, 2.24) is 20.1 Å². The normalized spacial score (nSPS) is 17.2. The maximum atomic E-state index is 5.87. The van der Waals surface area contributed by atoms with Crippen LogP contribution in [-0.4, -0.2) is 26.7 Å². The van der Waals surface area contributed by atoms with Gasteiger partial charge >= 0.3 is 0 Å². The van der Waals surface area contributed by atoms with Crippen LogP contribution in [0.15, 0.2) is 47.4 Å². The molecule has 0 saturated carbocycles. The van der Waals surface area contributed by atoms with E-state index in [4.69, 9.17) is 9.26 Å². The summed E-state index contributed by atoms with van der Waals surface area (Å²) in [4.78, 5) is 12.6. The Morgan fingerprint density at radius 3 is 3.05 bits per heavy atom. The standard InChI is InChI=1S/C16H14N4O2/c1-2-4-12-11(3-1)5-8-21-14(12)9-15-19-16(20-22-15)13-10-17-6-7-18-13/h1-4,6-7,10,14H,5,8-9H2/t14-/m0/s1. The first kappa shape index (κ1) is 13.1. The molecule has 0 unspecified atom stereocenters. The van der Waals surface area contributed by atoms with E-state index in [2.05, 4.69) is 38.3 Å². The first-order valence-electron chi connectivity index (χ1n) is 7.18. The van der Waals surface area contributed by atoms with Gasteiger partial charge in [0.15, 0.2) is 0 Å². The summed E-state index contributed by atoms with van der Waals surface area (Å²) in [6.45, 7) is 0.715. The van der Waals surface area contributed by atoms with E-state index in [1.54, 1.807) is 18.6 Å². The van der Waals surface area contributed by atoms with Crippen molar-refractivity contribution in [2.24, 2.45) is 0 Å². The number of hydrogen-bond donors (Lipinski definition) is 0. The van der Waals surface area contributed by atoms with Gasteiger partial charge in [-0.05, 0) is 17.5 Å². The quantitative estimate of drug-likeness (QED) is 0.738. The molecule has 2 aromatic heterocycles. The van der Waals surface area contributed by atoms with E-state index in [0.717, 1.165) is 6.42 Å². The average Bonchev–Trinajstić information content (AvgIpc) is 3.05. The number of rotatable bonds is 3. The fourth-order valence-corrected chi connectivity index (χ4v) is 2.66. The molecule has 0 N–H and O–H groups in total. The van der Waals surface area contributed by atoms with Gasteiger partial charge < -0.3 is 9.26 Å². The minimum atomic E-state index is -0.0416. The van der Waals surface area contributed by atoms with E-state index in [0.29, 0.717) is 30.4 Å². The molecule has 0 spiro atoms. The molecule has 1 atom stereocenters. The molecule has 0 radical (unpaired) electrons. The lowest BCUT2D eigenvalue weighted by Crippen LogP contribution is -2.18. The van der Waals surface area contributed by atoms with Crippen LogP contribution < -0.4 is 0 Å². The van der Waals surface area contributed by atoms with E-state index in [1.807, 2.05) is 6.07 Å². The predicted octanol–water partition coefficient (Wildman–Crippen LogP) is 2.38. The Labute approximate surface area is 127 Å². The summed E-state index contributed by atoms with van der Waals surface area (Å²) >= 11 is 0. The zero-order valence-corrected chi connectivity index (χ0v) is 11.8. The van der Waals surface area contributed by atoms with E-state index in [9.17, 15) is 0 Å². The van der Waals surface area contributed by atoms with Crippen molar-refractivity contribution in [2.75, 3.05) is 6.61 Å². The molecule has 0 aliphatic carbocycles. The Morgan fingerprint density at radius 2 is 2.14 bits per heavy atom. The van der Waals surface area contributed by atoms with Crippen molar-refractivity contribution in [2.45, 2.75) is 18.9 Å². The smallest absolute Gasteiger partial charge is 0.229 e. The molecule has 6 nitrogen and oxygen atoms in total. The van der Waals surface area contributed by atoms with Gasteiger partial charge in [-0.15, -0.1) is 0 Å². The third-order valence-electron chi connectivity index (χ3n) is 3.71. The zero-order valence-electron chi connectivity index (χ0n) is 11.8. The predicted molar refractivity (Wildman–Crippen MR) is 77.9 cm³/mol. The molecule has 22 heavy (non-hydrogen) atoms. The summed E-state index contributed by atoms with van der Waals surface area (Å²) in [5, 5.41) is 3.96. The van der Waals surface area contributed by atoms with Crippen molar-refractivity contribution in [3.63, 3.8) is 0 Å². The lowest BCUT2D eigenvalue weighted by Gasteiger charge is -2.24. The van der Waals surface area contributed by atoms with Crippen molar-refractivity contribution in [3.05, 3.63) is 59.9 Å². The molecule has 4 rings (SSSR count). The van der Waals surface area contributed by atoms with Crippen LogP contribution in [0, 0.1) is 0 Å². The third-order valence-corrected chi connectivity index (χ3v) is 3.71. The SMILES string of the molecule is c1ccc2c(c1)CCO[C@H]2Cc1nc(-c2cnccn2)no1. The van der Waals surface area contributed by atoms with Gasteiger partial charge in [0.1, 0.15) is 5.69 Å². The van der Waals surface area contributed by atoms with Gasteiger partial charge in [0.05, 0.1) is 25.3 Å². The van der Waals surface area contributed by atoms with E-state index >= 15 is 0 Å². The van der Waals surface area contributed by atoms with E-state index < -0.39 is 0 Å². The van der Waals surface area contributed by atoms with Crippen LogP contribution >= 0.6 is 0 Å². The van der Waals surface area contributed by atoms with Gasteiger partial charge in [-0.2, -0.15) is 4.98 Å². The van der Waals surface area contributed by atoms with Crippen molar-refractivity contribution >= 4 is 0 Å². The molecule has 1 aliphatic rings. The molecule has 0 saturated heterocycles. The van der Waals surface area contributed by atoms with E-state index in [-0.39, 0.29) is 6.10 Å². The van der Waals surface area contributed by atoms with Crippen molar-refractivity contribution in [3.8, 4) is 11.5 Å². The van der Waals surface area contributed by atoms with E-state index in [1.165, 1.54) is 11.1 Å². The van der Waals surface area contributed by atoms with Gasteiger partial charge in [-0.3, -0.25) is 4.98 Å². The van der Waals surface area contributed by atoms with Crippen LogP contribution in [0.2, 0.25) is 0 Å². The highest BCUT2D eigenvalue weighted by molar-refractivity contribution is 5.45. The highest BCUT2D eigenvalue weighted by atomic mass is 16.5. The van der Waals surface area contributed by atoms with Gasteiger partial charge in [0, 0.05) is 12.4 Å². The minimum Gasteiger partial charge on any atom is -0.373 e. The number of aromatic nitrogens is 4. The Balaban J connectivity index is 1.57. The van der Waals surface area contributed by atoms with Crippen LogP contribution in [-0.2, 0) is 17.6 Å². The van der Waals surface area contributed by atoms with Crippen LogP contribution in [0.4, 0.5) is 0 Å². The molecule has 0 fully saturated rings. The van der Waals surface area contributed by atoms with Crippen LogP contribution in [0.5, 0.6) is 0 Å². The Morgan fingerprint density at radius 1 is 1.18 bits per heavy atom. The first-order valence-corrected chi connectivity index (χ1v) is 7.18. The molecule has 3 aromatic rings. The summed E-state index contributed by atoms with van der Waals surface area (Å²) in [5.74, 6) is 0.995. The highest BCUT2D eigenvalue weighted by Crippen LogP contribution is 2.29. The molecule has 1 aromatic carbocycles. The lowest BCUT2D eigenvalue weighted by atomic mass is 9.96. The second kappa shape index (κ2) is 5.65. The van der Waals surface area contributed by atoms with Crippen molar-refractivity contribution < 1.29 is 9.26 Å². The second-order valence-corrected chi connectivity index (χ2v) is 5.11. The van der Waals surface area contributed by atoms with Crippen LogP contribution in [0.3, 0.4) is 0 Å². The van der Waals surface area contributed by atoms with Crippen LogP contribution in [0.1, 0.15) is 23.1 Å². The van der Waals surface area contributed by atoms with Crippen molar-refractivity contribution in [1.29, 1.82) is 0 Å². The van der Waals surface area contributed by atoms with Gasteiger partial charge in [0.25, 0.3) is 0 Å². The number of fused-ring (bicyclic) bond motifs is 1. The molecule has 1 aliphatic heterocycles. The minimum absolute atomic E-state index is 0.0416. The zero-order chi connectivity index (χ0) is 14.8. The summed E-state index contributed by atoms with van der Waals surface area (Å²) < 4.78 is 11.2. The first-order chi connectivity index (χ1) is 10.9. The van der Waals surface area contributed by atoms with Gasteiger partial charge in [-0.25, -0.2) is 4.98 Å². The third kappa shape index (κ3) is 2.48. The topological polar surface area (TPSA) is 73.9 Å². The van der Waals surface area contributed by atoms with Gasteiger partial charge in [0.2, 0.25) is 11.7 Å². The molecule has 3 heterocycles. The second-order valence-electron chi connectivity index (χ2n) is 5.11. The molecule has 6 heteroatoms. The summed E-state index contributed by atoms with van der Waals surface area (Å²) in [6.07, 6.45) is 6.29. The number of nitrogens with zero attached hydrogens (tertiary/aromatic N) is 4. The van der Waals surface area contributed by atoms with Gasteiger partial charge in [-0.1, -0.05) is 29.4 Å². The summed E-state index contributed by atoms with van der Waals surface area (Å²) in [6, 6.07) is 8.32. The highest BCUT2D eigenvalue weighted by Gasteiger charge is 2.23. The number of hydrogen-bond acceptors (Lipinski definition) is 6.